The average Bonchev–Trinajstić information content (AvgIpc) is 2.31. The molecule has 1 aromatic rings. The van der Waals surface area contributed by atoms with Crippen molar-refractivity contribution >= 4 is 5.97 Å². The van der Waals surface area contributed by atoms with Crippen molar-refractivity contribution in [3.8, 4) is 0 Å². The van der Waals surface area contributed by atoms with Crippen LogP contribution >= 0.6 is 0 Å². The molecule has 0 fully saturated rings. The second-order valence-electron chi connectivity index (χ2n) is 2.03. The van der Waals surface area contributed by atoms with Crippen LogP contribution < -0.4 is 0 Å². The van der Waals surface area contributed by atoms with Crippen molar-refractivity contribution in [3.05, 3.63) is 11.4 Å². The summed E-state index contributed by atoms with van der Waals surface area (Å²) in [6, 6.07) is 0. The molecule has 5 nitrogen and oxygen atoms in total. The van der Waals surface area contributed by atoms with E-state index < -0.39 is 23.8 Å². The van der Waals surface area contributed by atoms with Gasteiger partial charge >= 0.3 is 5.97 Å². The number of carboxylic acids is 1. The maximum atomic E-state index is 12.0. The zero-order valence-corrected chi connectivity index (χ0v) is 6.03. The number of nitrogens with zero attached hydrogens (tertiary/aromatic N) is 3. The molecule has 0 aliphatic rings. The smallest absolute Gasteiger partial charge is 0.358 e. The third-order valence-electron chi connectivity index (χ3n) is 1.15. The summed E-state index contributed by atoms with van der Waals surface area (Å²) in [5.41, 5.74) is -1.50. The second-order valence-corrected chi connectivity index (χ2v) is 2.03. The minimum atomic E-state index is -2.91. The predicted octanol–water partition coefficient (Wildman–Crippen LogP) is 0.451. The van der Waals surface area contributed by atoms with Gasteiger partial charge in [-0.05, 0) is 0 Å². The van der Waals surface area contributed by atoms with E-state index in [1.165, 1.54) is 7.05 Å². The fourth-order valence-electron chi connectivity index (χ4n) is 0.721. The first-order valence-electron chi connectivity index (χ1n) is 2.95. The van der Waals surface area contributed by atoms with Crippen LogP contribution in [0.25, 0.3) is 0 Å². The molecule has 7 heteroatoms. The predicted molar refractivity (Wildman–Crippen MR) is 32.9 cm³/mol. The second kappa shape index (κ2) is 2.84. The lowest BCUT2D eigenvalue weighted by Gasteiger charge is -1.91. The van der Waals surface area contributed by atoms with Crippen molar-refractivity contribution < 1.29 is 18.7 Å². The van der Waals surface area contributed by atoms with Crippen LogP contribution in [-0.4, -0.2) is 26.1 Å². The van der Waals surface area contributed by atoms with Gasteiger partial charge in [-0.15, -0.1) is 5.10 Å². The number of aromatic nitrogens is 3. The van der Waals surface area contributed by atoms with E-state index in [2.05, 4.69) is 10.2 Å². The van der Waals surface area contributed by atoms with E-state index in [1.807, 2.05) is 0 Å². The molecule has 1 heterocycles. The van der Waals surface area contributed by atoms with E-state index in [-0.39, 0.29) is 0 Å². The van der Waals surface area contributed by atoms with Crippen molar-refractivity contribution in [2.45, 2.75) is 6.43 Å². The fourth-order valence-corrected chi connectivity index (χ4v) is 0.721. The summed E-state index contributed by atoms with van der Waals surface area (Å²) in [4.78, 5) is 11.1. The number of aryl methyl sites for hydroxylation is 1. The summed E-state index contributed by atoms with van der Waals surface area (Å²) >= 11 is 0. The Bertz CT molecular complexity index is 310. The Morgan fingerprint density at radius 2 is 2.17 bits per heavy atom. The first kappa shape index (κ1) is 8.57. The highest BCUT2D eigenvalue weighted by molar-refractivity contribution is 5.86. The first-order chi connectivity index (χ1) is 5.52. The van der Waals surface area contributed by atoms with Gasteiger partial charge in [0.15, 0.2) is 11.4 Å². The summed E-state index contributed by atoms with van der Waals surface area (Å²) in [5.74, 6) is -1.50. The molecule has 0 aliphatic carbocycles. The lowest BCUT2D eigenvalue weighted by atomic mass is 10.3. The van der Waals surface area contributed by atoms with Gasteiger partial charge in [0.1, 0.15) is 0 Å². The van der Waals surface area contributed by atoms with E-state index in [0.29, 0.717) is 0 Å². The third-order valence-corrected chi connectivity index (χ3v) is 1.15. The van der Waals surface area contributed by atoms with Gasteiger partial charge < -0.3 is 5.11 Å². The Morgan fingerprint density at radius 1 is 1.58 bits per heavy atom. The molecular weight excluding hydrogens is 172 g/mol. The Kier molecular flexibility index (Phi) is 2.03. The molecule has 1 aromatic heterocycles. The highest BCUT2D eigenvalue weighted by Crippen LogP contribution is 2.18. The van der Waals surface area contributed by atoms with Gasteiger partial charge in [0.05, 0.1) is 0 Å². The Morgan fingerprint density at radius 3 is 2.50 bits per heavy atom. The average molecular weight is 177 g/mol. The standard InChI is InChI=1S/C5H5F2N3O2/c1-10-8-2(4(6)7)3(9-10)5(11)12/h4H,1H3,(H,11,12). The van der Waals surface area contributed by atoms with Crippen molar-refractivity contribution in [1.82, 2.24) is 15.0 Å². The first-order valence-corrected chi connectivity index (χ1v) is 2.95. The van der Waals surface area contributed by atoms with E-state index in [0.717, 1.165) is 4.80 Å². The quantitative estimate of drug-likeness (QED) is 0.712. The summed E-state index contributed by atoms with van der Waals surface area (Å²) in [7, 11) is 1.28. The number of halogens is 2. The van der Waals surface area contributed by atoms with Gasteiger partial charge in [-0.25, -0.2) is 13.6 Å². The number of aromatic carboxylic acids is 1. The SMILES string of the molecule is Cn1nc(C(=O)O)c(C(F)F)n1. The molecule has 0 bridgehead atoms. The molecule has 0 amide bonds. The topological polar surface area (TPSA) is 68.0 Å². The fraction of sp³-hybridized carbons (Fsp3) is 0.400. The van der Waals surface area contributed by atoms with E-state index >= 15 is 0 Å². The molecule has 0 aliphatic heterocycles. The van der Waals surface area contributed by atoms with E-state index in [1.54, 1.807) is 0 Å². The molecule has 1 rings (SSSR count). The Labute approximate surface area is 65.6 Å². The molecule has 66 valence electrons. The summed E-state index contributed by atoms with van der Waals surface area (Å²) in [6.45, 7) is 0. The number of carboxylic acid groups (broad SMARTS) is 1. The summed E-state index contributed by atoms with van der Waals surface area (Å²) < 4.78 is 24.0. The molecule has 0 spiro atoms. The zero-order valence-electron chi connectivity index (χ0n) is 6.03. The van der Waals surface area contributed by atoms with Crippen molar-refractivity contribution in [2.24, 2.45) is 7.05 Å². The van der Waals surface area contributed by atoms with Crippen LogP contribution in [0.5, 0.6) is 0 Å². The van der Waals surface area contributed by atoms with Gasteiger partial charge in [-0.3, -0.25) is 0 Å². The molecule has 0 saturated carbocycles. The van der Waals surface area contributed by atoms with Gasteiger partial charge in [-0.2, -0.15) is 9.90 Å². The third kappa shape index (κ3) is 1.39. The molecule has 0 aromatic carbocycles. The van der Waals surface area contributed by atoms with Crippen molar-refractivity contribution in [1.29, 1.82) is 0 Å². The zero-order chi connectivity index (χ0) is 9.30. The minimum absolute atomic E-state index is 0.701. The largest absolute Gasteiger partial charge is 0.476 e. The normalized spacial score (nSPS) is 10.7. The van der Waals surface area contributed by atoms with Gasteiger partial charge in [0.25, 0.3) is 6.43 Å². The molecule has 0 atom stereocenters. The maximum absolute atomic E-state index is 12.0. The monoisotopic (exact) mass is 177 g/mol. The van der Waals surface area contributed by atoms with Crippen LogP contribution in [0.15, 0.2) is 0 Å². The number of hydrogen-bond donors (Lipinski definition) is 1. The van der Waals surface area contributed by atoms with Crippen LogP contribution in [0.4, 0.5) is 8.78 Å². The van der Waals surface area contributed by atoms with Crippen molar-refractivity contribution in [3.63, 3.8) is 0 Å². The summed E-state index contributed by atoms with van der Waals surface area (Å²) in [6.07, 6.45) is -2.91. The van der Waals surface area contributed by atoms with Gasteiger partial charge in [-0.1, -0.05) is 0 Å². The van der Waals surface area contributed by atoms with Crippen LogP contribution in [0.1, 0.15) is 22.6 Å². The van der Waals surface area contributed by atoms with E-state index in [4.69, 9.17) is 5.11 Å². The molecule has 0 saturated heterocycles. The number of alkyl halides is 2. The minimum Gasteiger partial charge on any atom is -0.476 e. The molecule has 0 unspecified atom stereocenters. The lowest BCUT2D eigenvalue weighted by molar-refractivity contribution is 0.0677. The van der Waals surface area contributed by atoms with Crippen LogP contribution in [-0.2, 0) is 7.05 Å². The highest BCUT2D eigenvalue weighted by Gasteiger charge is 2.23. The van der Waals surface area contributed by atoms with E-state index in [9.17, 15) is 13.6 Å². The Hall–Kier alpha value is -1.53. The van der Waals surface area contributed by atoms with Crippen molar-refractivity contribution in [2.75, 3.05) is 0 Å². The Balaban J connectivity index is 3.17. The number of hydrogen-bond acceptors (Lipinski definition) is 3. The molecule has 1 N–H and O–H groups in total. The molecular formula is C5H5F2N3O2. The summed E-state index contributed by atoms with van der Waals surface area (Å²) in [5, 5.41) is 14.8. The van der Waals surface area contributed by atoms with Gasteiger partial charge in [0, 0.05) is 7.05 Å². The molecule has 0 radical (unpaired) electrons. The van der Waals surface area contributed by atoms with Crippen LogP contribution in [0, 0.1) is 0 Å². The number of rotatable bonds is 2. The molecule has 12 heavy (non-hydrogen) atoms. The maximum Gasteiger partial charge on any atom is 0.358 e. The van der Waals surface area contributed by atoms with Gasteiger partial charge in [0.2, 0.25) is 0 Å². The lowest BCUT2D eigenvalue weighted by Crippen LogP contribution is -2.02. The number of carbonyl (C=O) groups is 1. The highest BCUT2D eigenvalue weighted by atomic mass is 19.3. The van der Waals surface area contributed by atoms with Crippen LogP contribution in [0.3, 0.4) is 0 Å². The van der Waals surface area contributed by atoms with Crippen LogP contribution in [0.2, 0.25) is 0 Å².